The van der Waals surface area contributed by atoms with Crippen LogP contribution in [0.1, 0.15) is 42.3 Å². The Balaban J connectivity index is 2.04. The lowest BCUT2D eigenvalue weighted by molar-refractivity contribution is 0.246. The lowest BCUT2D eigenvalue weighted by Crippen LogP contribution is -2.50. The smallest absolute Gasteiger partial charge is 0.217 e. The molecule has 0 fully saturated rings. The molecular weight excluding hydrogens is 202 g/mol. The van der Waals surface area contributed by atoms with Crippen LogP contribution < -0.4 is 4.90 Å². The van der Waals surface area contributed by atoms with Crippen molar-refractivity contribution < 1.29 is 8.83 Å². The summed E-state index contributed by atoms with van der Waals surface area (Å²) in [5.74, 6) is 4.19. The molecule has 6 rings (SSSR count). The van der Waals surface area contributed by atoms with Gasteiger partial charge in [0.05, 0.1) is 0 Å². The van der Waals surface area contributed by atoms with Crippen molar-refractivity contribution in [3.05, 3.63) is 40.5 Å². The van der Waals surface area contributed by atoms with Gasteiger partial charge in [0.1, 0.15) is 11.5 Å². The second kappa shape index (κ2) is 1.63. The van der Waals surface area contributed by atoms with Crippen LogP contribution in [0.4, 0.5) is 5.88 Å². The average molecular weight is 213 g/mol. The third kappa shape index (κ3) is 0.410. The standard InChI is InChI=1S/C13H11NO2/c1-12(2)6-4-8-13(10(6)15-8)11-7(12)5-9(16-11)14(13)3/h4-5H,1-3H3. The maximum absolute atomic E-state index is 5.92. The average Bonchev–Trinajstić information content (AvgIpc) is 2.91. The summed E-state index contributed by atoms with van der Waals surface area (Å²) in [4.78, 5) is 2.19. The molecule has 0 N–H and O–H groups in total. The van der Waals surface area contributed by atoms with Crippen LogP contribution in [0.25, 0.3) is 0 Å². The zero-order valence-corrected chi connectivity index (χ0v) is 9.42. The highest BCUT2D eigenvalue weighted by atomic mass is 16.4. The van der Waals surface area contributed by atoms with E-state index in [9.17, 15) is 0 Å². The van der Waals surface area contributed by atoms with Gasteiger partial charge in [-0.15, -0.1) is 0 Å². The van der Waals surface area contributed by atoms with Crippen molar-refractivity contribution in [2.45, 2.75) is 24.8 Å². The first-order valence-corrected chi connectivity index (χ1v) is 5.62. The number of nitrogens with zero attached hydrogens (tertiary/aromatic N) is 1. The van der Waals surface area contributed by atoms with Crippen molar-refractivity contribution in [3.63, 3.8) is 0 Å². The molecule has 2 aliphatic heterocycles. The van der Waals surface area contributed by atoms with E-state index in [1.165, 1.54) is 11.1 Å². The Bertz CT molecular complexity index is 676. The van der Waals surface area contributed by atoms with Crippen LogP contribution in [0.2, 0.25) is 0 Å². The third-order valence-corrected chi connectivity index (χ3v) is 4.65. The number of rotatable bonds is 0. The molecule has 3 nitrogen and oxygen atoms in total. The minimum Gasteiger partial charge on any atom is -0.459 e. The van der Waals surface area contributed by atoms with Crippen molar-refractivity contribution in [3.8, 4) is 0 Å². The maximum atomic E-state index is 5.92. The van der Waals surface area contributed by atoms with Crippen LogP contribution >= 0.6 is 0 Å². The summed E-state index contributed by atoms with van der Waals surface area (Å²) >= 11 is 0. The molecule has 16 heavy (non-hydrogen) atoms. The third-order valence-electron chi connectivity index (χ3n) is 4.65. The number of hydrogen-bond donors (Lipinski definition) is 0. The lowest BCUT2D eigenvalue weighted by atomic mass is 9.68. The molecule has 4 heterocycles. The van der Waals surface area contributed by atoms with E-state index in [0.717, 1.165) is 23.2 Å². The summed E-state index contributed by atoms with van der Waals surface area (Å²) in [6.45, 7) is 4.48. The summed E-state index contributed by atoms with van der Waals surface area (Å²) < 4.78 is 11.7. The summed E-state index contributed by atoms with van der Waals surface area (Å²) in [5.41, 5.74) is 2.52. The normalized spacial score (nSPS) is 29.6. The first kappa shape index (κ1) is 7.60. The zero-order chi connectivity index (χ0) is 10.9. The fraction of sp³-hybridized carbons (Fsp3) is 0.385. The first-order chi connectivity index (χ1) is 7.58. The molecule has 0 radical (unpaired) electrons. The molecule has 2 aromatic rings. The van der Waals surface area contributed by atoms with Crippen LogP contribution in [0.3, 0.4) is 0 Å². The highest BCUT2D eigenvalue weighted by Crippen LogP contribution is 2.67. The fourth-order valence-corrected chi connectivity index (χ4v) is 3.64. The van der Waals surface area contributed by atoms with Crippen LogP contribution in [0.15, 0.2) is 21.0 Å². The van der Waals surface area contributed by atoms with Crippen molar-refractivity contribution in [1.29, 1.82) is 0 Å². The van der Waals surface area contributed by atoms with Gasteiger partial charge in [-0.05, 0) is 6.07 Å². The van der Waals surface area contributed by atoms with Gasteiger partial charge in [-0.3, -0.25) is 0 Å². The van der Waals surface area contributed by atoms with E-state index in [-0.39, 0.29) is 11.0 Å². The summed E-state index contributed by atoms with van der Waals surface area (Å²) in [6, 6.07) is 4.37. The minimum atomic E-state index is -0.162. The van der Waals surface area contributed by atoms with Gasteiger partial charge in [0.15, 0.2) is 11.6 Å². The highest BCUT2D eigenvalue weighted by molar-refractivity contribution is 5.74. The highest BCUT2D eigenvalue weighted by Gasteiger charge is 2.68. The number of anilines is 1. The molecule has 2 aliphatic carbocycles. The molecular formula is C13H11NO2. The zero-order valence-electron chi connectivity index (χ0n) is 9.42. The topological polar surface area (TPSA) is 29.5 Å². The van der Waals surface area contributed by atoms with Gasteiger partial charge in [-0.2, -0.15) is 0 Å². The fourth-order valence-electron chi connectivity index (χ4n) is 3.64. The molecule has 1 unspecified atom stereocenters. The van der Waals surface area contributed by atoms with Gasteiger partial charge >= 0.3 is 0 Å². The van der Waals surface area contributed by atoms with Crippen LogP contribution in [0, 0.1) is 0 Å². The Hall–Kier alpha value is -1.64. The van der Waals surface area contributed by atoms with Crippen LogP contribution in [0.5, 0.6) is 0 Å². The molecule has 6 bridgehead atoms. The van der Waals surface area contributed by atoms with Gasteiger partial charge in [-0.1, -0.05) is 13.8 Å². The van der Waals surface area contributed by atoms with E-state index in [4.69, 9.17) is 8.83 Å². The van der Waals surface area contributed by atoms with Crippen molar-refractivity contribution >= 4 is 5.88 Å². The molecule has 1 atom stereocenters. The van der Waals surface area contributed by atoms with E-state index in [2.05, 4.69) is 37.9 Å². The molecule has 0 aromatic carbocycles. The van der Waals surface area contributed by atoms with Crippen LogP contribution in [-0.4, -0.2) is 7.05 Å². The molecule has 0 saturated carbocycles. The van der Waals surface area contributed by atoms with Gasteiger partial charge < -0.3 is 13.7 Å². The van der Waals surface area contributed by atoms with Crippen LogP contribution in [-0.2, 0) is 11.0 Å². The largest absolute Gasteiger partial charge is 0.459 e. The Labute approximate surface area is 92.6 Å². The Morgan fingerprint density at radius 3 is 2.50 bits per heavy atom. The van der Waals surface area contributed by atoms with E-state index in [1.54, 1.807) is 0 Å². The quantitative estimate of drug-likeness (QED) is 0.673. The molecule has 0 saturated heterocycles. The van der Waals surface area contributed by atoms with Gasteiger partial charge in [-0.25, -0.2) is 0 Å². The molecule has 3 heteroatoms. The molecule has 2 aromatic heterocycles. The van der Waals surface area contributed by atoms with Crippen molar-refractivity contribution in [1.82, 2.24) is 0 Å². The van der Waals surface area contributed by atoms with Crippen molar-refractivity contribution in [2.24, 2.45) is 0 Å². The number of hydrogen-bond acceptors (Lipinski definition) is 3. The molecule has 4 aliphatic rings. The second-order valence-corrected chi connectivity index (χ2v) is 5.58. The molecule has 1 spiro atoms. The number of fused-ring (bicyclic) bond motifs is 1. The Morgan fingerprint density at radius 2 is 1.75 bits per heavy atom. The van der Waals surface area contributed by atoms with E-state index in [1.807, 2.05) is 0 Å². The summed E-state index contributed by atoms with van der Waals surface area (Å²) in [6.07, 6.45) is 0. The van der Waals surface area contributed by atoms with Gasteiger partial charge in [0.2, 0.25) is 5.54 Å². The van der Waals surface area contributed by atoms with Gasteiger partial charge in [0, 0.05) is 29.7 Å². The second-order valence-electron chi connectivity index (χ2n) is 5.58. The SMILES string of the molecule is CN1c2cc3c(o2)C12c1cc(c2o1)C3(C)C. The van der Waals surface area contributed by atoms with Gasteiger partial charge in [0.25, 0.3) is 0 Å². The van der Waals surface area contributed by atoms with E-state index in [0.29, 0.717) is 0 Å². The number of furan rings is 2. The van der Waals surface area contributed by atoms with E-state index >= 15 is 0 Å². The summed E-state index contributed by atoms with van der Waals surface area (Å²) in [7, 11) is 2.08. The molecule has 80 valence electrons. The van der Waals surface area contributed by atoms with Crippen molar-refractivity contribution in [2.75, 3.05) is 11.9 Å². The van der Waals surface area contributed by atoms with E-state index < -0.39 is 0 Å². The molecule has 0 amide bonds. The monoisotopic (exact) mass is 213 g/mol. The predicted molar refractivity (Wildman–Crippen MR) is 57.8 cm³/mol. The minimum absolute atomic E-state index is 0.0232. The lowest BCUT2D eigenvalue weighted by Gasteiger charge is -2.44. The summed E-state index contributed by atoms with van der Waals surface area (Å²) in [5, 5.41) is 0. The predicted octanol–water partition coefficient (Wildman–Crippen LogP) is 2.57. The Kier molecular flexibility index (Phi) is 0.776. The Morgan fingerprint density at radius 1 is 1.06 bits per heavy atom. The maximum Gasteiger partial charge on any atom is 0.217 e. The first-order valence-electron chi connectivity index (χ1n) is 5.62.